The zero-order valence-electron chi connectivity index (χ0n) is 9.87. The Morgan fingerprint density at radius 3 is 2.32 bits per heavy atom. The Kier molecular flexibility index (Phi) is 4.04. The molecule has 0 unspecified atom stereocenters. The summed E-state index contributed by atoms with van der Waals surface area (Å²) in [5.41, 5.74) is 1.17. The van der Waals surface area contributed by atoms with Crippen LogP contribution in [0.4, 0.5) is 17.1 Å². The number of nitrogens with one attached hydrogen (secondary N) is 2. The molecule has 0 aliphatic carbocycles. The maximum atomic E-state index is 10.9. The second-order valence-electron chi connectivity index (χ2n) is 3.72. The van der Waals surface area contributed by atoms with Crippen LogP contribution in [-0.2, 0) is 0 Å². The summed E-state index contributed by atoms with van der Waals surface area (Å²) < 4.78 is 0. The molecule has 0 radical (unpaired) electrons. The Bertz CT molecular complexity index is 602. The van der Waals surface area contributed by atoms with Gasteiger partial charge in [0.2, 0.25) is 0 Å². The van der Waals surface area contributed by atoms with E-state index in [2.05, 4.69) is 10.6 Å². The van der Waals surface area contributed by atoms with Gasteiger partial charge < -0.3 is 10.6 Å². The van der Waals surface area contributed by atoms with Gasteiger partial charge in [0.1, 0.15) is 5.69 Å². The lowest BCUT2D eigenvalue weighted by molar-refractivity contribution is -0.383. The summed E-state index contributed by atoms with van der Waals surface area (Å²) in [5, 5.41) is 16.9. The van der Waals surface area contributed by atoms with Crippen molar-refractivity contribution in [3.8, 4) is 0 Å². The van der Waals surface area contributed by atoms with Crippen LogP contribution in [0.3, 0.4) is 0 Å². The van der Waals surface area contributed by atoms with E-state index in [0.29, 0.717) is 10.8 Å². The average Bonchev–Trinajstić information content (AvgIpc) is 2.40. The highest BCUT2D eigenvalue weighted by Crippen LogP contribution is 2.23. The average molecular weight is 273 g/mol. The number of nitrogens with zero attached hydrogens (tertiary/aromatic N) is 1. The van der Waals surface area contributed by atoms with E-state index in [1.165, 1.54) is 6.07 Å². The van der Waals surface area contributed by atoms with Crippen molar-refractivity contribution >= 4 is 34.4 Å². The van der Waals surface area contributed by atoms with E-state index >= 15 is 0 Å². The molecular formula is C13H11N3O2S. The fourth-order valence-corrected chi connectivity index (χ4v) is 1.77. The summed E-state index contributed by atoms with van der Waals surface area (Å²) in [6.07, 6.45) is 0. The number of hydrogen-bond acceptors (Lipinski definition) is 3. The number of thiocarbonyl (C=S) groups is 1. The van der Waals surface area contributed by atoms with E-state index in [-0.39, 0.29) is 5.69 Å². The van der Waals surface area contributed by atoms with E-state index in [4.69, 9.17) is 12.2 Å². The van der Waals surface area contributed by atoms with Crippen molar-refractivity contribution in [2.75, 3.05) is 10.6 Å². The minimum Gasteiger partial charge on any atom is -0.332 e. The largest absolute Gasteiger partial charge is 0.332 e. The van der Waals surface area contributed by atoms with Crippen molar-refractivity contribution in [3.63, 3.8) is 0 Å². The number of nitro groups is 1. The molecule has 2 rings (SSSR count). The normalized spacial score (nSPS) is 9.68. The number of nitro benzene ring substituents is 1. The van der Waals surface area contributed by atoms with Crippen molar-refractivity contribution in [3.05, 3.63) is 64.7 Å². The molecule has 5 nitrogen and oxygen atoms in total. The van der Waals surface area contributed by atoms with Crippen LogP contribution in [-0.4, -0.2) is 10.0 Å². The molecule has 0 bridgehead atoms. The number of anilines is 2. The topological polar surface area (TPSA) is 67.2 Å². The molecule has 6 heteroatoms. The standard InChI is InChI=1S/C13H11N3O2S/c17-16(18)12-9-5-4-8-11(12)15-13(19)14-10-6-2-1-3-7-10/h1-9H,(H2,14,15,19). The van der Waals surface area contributed by atoms with Crippen LogP contribution in [0, 0.1) is 10.1 Å². The second-order valence-corrected chi connectivity index (χ2v) is 4.13. The summed E-state index contributed by atoms with van der Waals surface area (Å²) in [4.78, 5) is 10.4. The quantitative estimate of drug-likeness (QED) is 0.509. The molecule has 96 valence electrons. The second kappa shape index (κ2) is 5.92. The number of para-hydroxylation sites is 3. The highest BCUT2D eigenvalue weighted by atomic mass is 32.1. The Labute approximate surface area is 115 Å². The Hall–Kier alpha value is -2.47. The van der Waals surface area contributed by atoms with Gasteiger partial charge in [-0.05, 0) is 30.4 Å². The Balaban J connectivity index is 2.09. The van der Waals surface area contributed by atoms with Gasteiger partial charge in [-0.3, -0.25) is 10.1 Å². The number of rotatable bonds is 3. The summed E-state index contributed by atoms with van der Waals surface area (Å²) in [6.45, 7) is 0. The third-order valence-electron chi connectivity index (χ3n) is 2.38. The van der Waals surface area contributed by atoms with E-state index in [1.54, 1.807) is 18.2 Å². The molecule has 0 aliphatic rings. The van der Waals surface area contributed by atoms with Gasteiger partial charge >= 0.3 is 0 Å². The molecule has 0 saturated carbocycles. The maximum Gasteiger partial charge on any atom is 0.292 e. The lowest BCUT2D eigenvalue weighted by Gasteiger charge is -2.10. The predicted molar refractivity (Wildman–Crippen MR) is 79.4 cm³/mol. The molecule has 0 fully saturated rings. The molecule has 2 N–H and O–H groups in total. The van der Waals surface area contributed by atoms with Crippen LogP contribution in [0.15, 0.2) is 54.6 Å². The van der Waals surface area contributed by atoms with Gasteiger partial charge in [-0.1, -0.05) is 30.3 Å². The maximum absolute atomic E-state index is 10.9. The van der Waals surface area contributed by atoms with E-state index in [1.807, 2.05) is 30.3 Å². The smallest absolute Gasteiger partial charge is 0.292 e. The third-order valence-corrected chi connectivity index (χ3v) is 2.58. The van der Waals surface area contributed by atoms with Crippen LogP contribution in [0.1, 0.15) is 0 Å². The van der Waals surface area contributed by atoms with Gasteiger partial charge in [0.25, 0.3) is 5.69 Å². The molecule has 0 spiro atoms. The van der Waals surface area contributed by atoms with Gasteiger partial charge in [0, 0.05) is 11.8 Å². The van der Waals surface area contributed by atoms with Crippen LogP contribution in [0.25, 0.3) is 0 Å². The van der Waals surface area contributed by atoms with Gasteiger partial charge in [0.05, 0.1) is 4.92 Å². The summed E-state index contributed by atoms with van der Waals surface area (Å²) >= 11 is 5.12. The zero-order valence-corrected chi connectivity index (χ0v) is 10.7. The van der Waals surface area contributed by atoms with Gasteiger partial charge in [-0.2, -0.15) is 0 Å². The highest BCUT2D eigenvalue weighted by Gasteiger charge is 2.12. The summed E-state index contributed by atoms with van der Waals surface area (Å²) in [7, 11) is 0. The number of benzene rings is 2. The first kappa shape index (κ1) is 13.0. The first-order valence-electron chi connectivity index (χ1n) is 5.53. The van der Waals surface area contributed by atoms with E-state index in [0.717, 1.165) is 5.69 Å². The molecule has 2 aromatic rings. The molecule has 0 saturated heterocycles. The minimum atomic E-state index is -0.451. The highest BCUT2D eigenvalue weighted by molar-refractivity contribution is 7.80. The van der Waals surface area contributed by atoms with Crippen LogP contribution in [0.2, 0.25) is 0 Å². The zero-order chi connectivity index (χ0) is 13.7. The van der Waals surface area contributed by atoms with Gasteiger partial charge in [-0.15, -0.1) is 0 Å². The molecule has 2 aromatic carbocycles. The fourth-order valence-electron chi connectivity index (χ4n) is 1.54. The molecular weight excluding hydrogens is 262 g/mol. The fraction of sp³-hybridized carbons (Fsp3) is 0. The lowest BCUT2D eigenvalue weighted by atomic mass is 10.3. The van der Waals surface area contributed by atoms with Crippen LogP contribution < -0.4 is 10.6 Å². The molecule has 19 heavy (non-hydrogen) atoms. The lowest BCUT2D eigenvalue weighted by Crippen LogP contribution is -2.19. The number of hydrogen-bond donors (Lipinski definition) is 2. The van der Waals surface area contributed by atoms with Gasteiger partial charge in [0.15, 0.2) is 5.11 Å². The molecule has 0 atom stereocenters. The molecule has 0 aromatic heterocycles. The van der Waals surface area contributed by atoms with Crippen molar-refractivity contribution in [2.45, 2.75) is 0 Å². The molecule has 0 heterocycles. The first-order valence-corrected chi connectivity index (χ1v) is 5.94. The van der Waals surface area contributed by atoms with E-state index in [9.17, 15) is 10.1 Å². The Morgan fingerprint density at radius 2 is 1.63 bits per heavy atom. The SMILES string of the molecule is O=[N+]([O-])c1ccccc1NC(=S)Nc1ccccc1. The first-order chi connectivity index (χ1) is 9.16. The predicted octanol–water partition coefficient (Wildman–Crippen LogP) is 3.40. The monoisotopic (exact) mass is 273 g/mol. The van der Waals surface area contributed by atoms with Crippen molar-refractivity contribution in [2.24, 2.45) is 0 Å². The molecule has 0 aliphatic heterocycles. The molecule has 0 amide bonds. The van der Waals surface area contributed by atoms with Crippen molar-refractivity contribution in [1.29, 1.82) is 0 Å². The van der Waals surface area contributed by atoms with Crippen molar-refractivity contribution in [1.82, 2.24) is 0 Å². The van der Waals surface area contributed by atoms with Crippen LogP contribution in [0.5, 0.6) is 0 Å². The van der Waals surface area contributed by atoms with Gasteiger partial charge in [-0.25, -0.2) is 0 Å². The van der Waals surface area contributed by atoms with Crippen LogP contribution >= 0.6 is 12.2 Å². The summed E-state index contributed by atoms with van der Waals surface area (Å²) in [5.74, 6) is 0. The minimum absolute atomic E-state index is 0.0142. The Morgan fingerprint density at radius 1 is 1.00 bits per heavy atom. The third kappa shape index (κ3) is 3.49. The van der Waals surface area contributed by atoms with E-state index < -0.39 is 4.92 Å². The van der Waals surface area contributed by atoms with Crippen molar-refractivity contribution < 1.29 is 4.92 Å². The summed E-state index contributed by atoms with van der Waals surface area (Å²) in [6, 6.07) is 15.7.